The molecule has 0 unspecified atom stereocenters. The predicted molar refractivity (Wildman–Crippen MR) is 97.5 cm³/mol. The maximum Gasteiger partial charge on any atom is 0.283 e. The van der Waals surface area contributed by atoms with Gasteiger partial charge in [0.2, 0.25) is 0 Å². The molecule has 0 bridgehead atoms. The van der Waals surface area contributed by atoms with Crippen molar-refractivity contribution in [2.75, 3.05) is 0 Å². The largest absolute Gasteiger partial charge is 0.283 e. The number of carbonyl (C=O) groups excluding carboxylic acids is 1. The lowest BCUT2D eigenvalue weighted by atomic mass is 10.1. The predicted octanol–water partition coefficient (Wildman–Crippen LogP) is 5.04. The van der Waals surface area contributed by atoms with Crippen molar-refractivity contribution in [2.45, 2.75) is 13.3 Å². The molecule has 1 amide bonds. The van der Waals surface area contributed by atoms with E-state index in [9.17, 15) is 9.18 Å². The van der Waals surface area contributed by atoms with Gasteiger partial charge in [0.15, 0.2) is 0 Å². The summed E-state index contributed by atoms with van der Waals surface area (Å²) in [7, 11) is 0. The number of nitrogens with zero attached hydrogens (tertiary/aromatic N) is 1. The molecule has 0 spiro atoms. The van der Waals surface area contributed by atoms with Gasteiger partial charge >= 0.3 is 0 Å². The van der Waals surface area contributed by atoms with Crippen LogP contribution < -0.4 is 5.43 Å². The summed E-state index contributed by atoms with van der Waals surface area (Å²) in [6.07, 6.45) is 0.645. The molecule has 0 saturated carbocycles. The second kappa shape index (κ2) is 7.11. The molecule has 0 aliphatic heterocycles. The number of amides is 1. The van der Waals surface area contributed by atoms with E-state index < -0.39 is 5.91 Å². The Morgan fingerprint density at radius 1 is 1.25 bits per heavy atom. The second-order valence-electron chi connectivity index (χ2n) is 5.34. The fourth-order valence-corrected chi connectivity index (χ4v) is 3.74. The topological polar surface area (TPSA) is 41.5 Å². The van der Waals surface area contributed by atoms with Crippen LogP contribution in [0.2, 0.25) is 5.02 Å². The Morgan fingerprint density at radius 2 is 2.00 bits per heavy atom. The molecule has 3 aromatic rings. The van der Waals surface area contributed by atoms with E-state index in [1.54, 1.807) is 6.07 Å². The Morgan fingerprint density at radius 3 is 2.75 bits per heavy atom. The lowest BCUT2D eigenvalue weighted by Gasteiger charge is -2.02. The Bertz CT molecular complexity index is 921. The molecular weight excluding hydrogens is 347 g/mol. The molecule has 1 heterocycles. The van der Waals surface area contributed by atoms with Crippen LogP contribution in [0.4, 0.5) is 4.39 Å². The molecular formula is C18H14ClFN2OS. The molecule has 0 atom stereocenters. The monoisotopic (exact) mass is 360 g/mol. The number of thiophene rings is 1. The van der Waals surface area contributed by atoms with E-state index in [0.29, 0.717) is 26.4 Å². The van der Waals surface area contributed by atoms with Crippen LogP contribution in [-0.2, 0) is 6.42 Å². The van der Waals surface area contributed by atoms with Gasteiger partial charge in [0.25, 0.3) is 5.91 Å². The lowest BCUT2D eigenvalue weighted by molar-refractivity contribution is 0.0959. The minimum Gasteiger partial charge on any atom is -0.266 e. The summed E-state index contributed by atoms with van der Waals surface area (Å²) in [6, 6.07) is 14.1. The summed E-state index contributed by atoms with van der Waals surface area (Å²) in [6.45, 7) is 1.84. The first-order chi connectivity index (χ1) is 11.5. The lowest BCUT2D eigenvalue weighted by Crippen LogP contribution is -2.18. The number of hydrogen-bond acceptors (Lipinski definition) is 3. The average molecular weight is 361 g/mol. The van der Waals surface area contributed by atoms with Gasteiger partial charge in [-0.05, 0) is 30.7 Å². The fourth-order valence-electron chi connectivity index (χ4n) is 2.31. The molecule has 3 nitrogen and oxygen atoms in total. The summed E-state index contributed by atoms with van der Waals surface area (Å²) >= 11 is 7.38. The Labute approximate surface area is 147 Å². The van der Waals surface area contributed by atoms with E-state index in [1.165, 1.54) is 12.1 Å². The van der Waals surface area contributed by atoms with Gasteiger partial charge in [-0.2, -0.15) is 5.10 Å². The summed E-state index contributed by atoms with van der Waals surface area (Å²) in [4.78, 5) is 12.6. The normalized spacial score (nSPS) is 11.7. The van der Waals surface area contributed by atoms with Gasteiger partial charge in [-0.15, -0.1) is 11.3 Å². The van der Waals surface area contributed by atoms with E-state index in [4.69, 9.17) is 11.6 Å². The maximum atomic E-state index is 13.3. The van der Waals surface area contributed by atoms with Gasteiger partial charge in [0.1, 0.15) is 10.7 Å². The number of halogens is 2. The Hall–Kier alpha value is -2.24. The van der Waals surface area contributed by atoms with Crippen LogP contribution in [0.1, 0.15) is 22.2 Å². The third-order valence-corrected chi connectivity index (χ3v) is 5.10. The molecule has 0 saturated heterocycles. The van der Waals surface area contributed by atoms with Crippen molar-refractivity contribution in [3.05, 3.63) is 69.8 Å². The number of benzene rings is 2. The average Bonchev–Trinajstić information content (AvgIpc) is 2.90. The van der Waals surface area contributed by atoms with Gasteiger partial charge in [0.05, 0.1) is 5.02 Å². The molecule has 24 heavy (non-hydrogen) atoms. The molecule has 3 rings (SSSR count). The van der Waals surface area contributed by atoms with Gasteiger partial charge in [-0.3, -0.25) is 4.79 Å². The van der Waals surface area contributed by atoms with Gasteiger partial charge in [-0.1, -0.05) is 41.9 Å². The minimum absolute atomic E-state index is 0.323. The summed E-state index contributed by atoms with van der Waals surface area (Å²) in [5, 5.41) is 5.10. The number of hydrazone groups is 1. The van der Waals surface area contributed by atoms with Crippen molar-refractivity contribution in [1.82, 2.24) is 5.43 Å². The van der Waals surface area contributed by atoms with Crippen LogP contribution in [-0.4, -0.2) is 11.6 Å². The molecule has 0 radical (unpaired) electrons. The SMILES string of the molecule is C/C(Cc1ccccc1)=N\NC(=O)c1sc2cc(F)ccc2c1Cl. The number of nitrogens with one attached hydrogen (secondary N) is 1. The second-order valence-corrected chi connectivity index (χ2v) is 6.77. The fraction of sp³-hybridized carbons (Fsp3) is 0.111. The zero-order chi connectivity index (χ0) is 17.1. The quantitative estimate of drug-likeness (QED) is 0.514. The maximum absolute atomic E-state index is 13.3. The van der Waals surface area contributed by atoms with Crippen molar-refractivity contribution in [2.24, 2.45) is 5.10 Å². The zero-order valence-electron chi connectivity index (χ0n) is 12.8. The van der Waals surface area contributed by atoms with E-state index in [2.05, 4.69) is 10.5 Å². The van der Waals surface area contributed by atoms with Crippen molar-refractivity contribution in [3.8, 4) is 0 Å². The van der Waals surface area contributed by atoms with E-state index in [1.807, 2.05) is 37.3 Å². The van der Waals surface area contributed by atoms with Crippen molar-refractivity contribution >= 4 is 44.6 Å². The van der Waals surface area contributed by atoms with Crippen molar-refractivity contribution < 1.29 is 9.18 Å². The number of fused-ring (bicyclic) bond motifs is 1. The van der Waals surface area contributed by atoms with E-state index in [-0.39, 0.29) is 5.82 Å². The van der Waals surface area contributed by atoms with Crippen molar-refractivity contribution in [1.29, 1.82) is 0 Å². The molecule has 1 N–H and O–H groups in total. The smallest absolute Gasteiger partial charge is 0.266 e. The summed E-state index contributed by atoms with van der Waals surface area (Å²) in [5.74, 6) is -0.752. The first kappa shape index (κ1) is 16.6. The van der Waals surface area contributed by atoms with Crippen LogP contribution in [0.25, 0.3) is 10.1 Å². The van der Waals surface area contributed by atoms with Crippen LogP contribution in [0.5, 0.6) is 0 Å². The molecule has 122 valence electrons. The van der Waals surface area contributed by atoms with Crippen LogP contribution in [0.3, 0.4) is 0 Å². The molecule has 6 heteroatoms. The highest BCUT2D eigenvalue weighted by atomic mass is 35.5. The number of carbonyl (C=O) groups is 1. The summed E-state index contributed by atoms with van der Waals surface area (Å²) in [5.41, 5.74) is 4.41. The first-order valence-corrected chi connectivity index (χ1v) is 8.49. The zero-order valence-corrected chi connectivity index (χ0v) is 14.4. The molecule has 2 aromatic carbocycles. The van der Waals surface area contributed by atoms with Crippen LogP contribution >= 0.6 is 22.9 Å². The molecule has 0 aliphatic rings. The minimum atomic E-state index is -0.394. The standard InChI is InChI=1S/C18H14ClFN2OS/c1-11(9-12-5-3-2-4-6-12)21-22-18(23)17-16(19)14-8-7-13(20)10-15(14)24-17/h2-8,10H,9H2,1H3,(H,22,23)/b21-11+. The highest BCUT2D eigenvalue weighted by Gasteiger charge is 2.17. The number of hydrogen-bond donors (Lipinski definition) is 1. The first-order valence-electron chi connectivity index (χ1n) is 7.29. The Balaban J connectivity index is 1.75. The van der Waals surface area contributed by atoms with E-state index in [0.717, 1.165) is 22.6 Å². The highest BCUT2D eigenvalue weighted by Crippen LogP contribution is 2.35. The third kappa shape index (κ3) is 3.63. The number of rotatable bonds is 4. The molecule has 0 aliphatic carbocycles. The van der Waals surface area contributed by atoms with Gasteiger partial charge < -0.3 is 0 Å². The van der Waals surface area contributed by atoms with E-state index >= 15 is 0 Å². The van der Waals surface area contributed by atoms with Gasteiger partial charge in [-0.25, -0.2) is 9.82 Å². The Kier molecular flexibility index (Phi) is 4.92. The third-order valence-electron chi connectivity index (χ3n) is 3.45. The van der Waals surface area contributed by atoms with Crippen molar-refractivity contribution in [3.63, 3.8) is 0 Å². The van der Waals surface area contributed by atoms with Crippen LogP contribution in [0.15, 0.2) is 53.6 Å². The molecule has 1 aromatic heterocycles. The summed E-state index contributed by atoms with van der Waals surface area (Å²) < 4.78 is 13.9. The highest BCUT2D eigenvalue weighted by molar-refractivity contribution is 7.21. The van der Waals surface area contributed by atoms with Gasteiger partial charge in [0, 0.05) is 22.2 Å². The molecule has 0 fully saturated rings. The van der Waals surface area contributed by atoms with Crippen LogP contribution in [0, 0.1) is 5.82 Å².